The van der Waals surface area contributed by atoms with Gasteiger partial charge in [-0.05, 0) is 49.6 Å². The van der Waals surface area contributed by atoms with Crippen LogP contribution in [-0.2, 0) is 0 Å². The second-order valence-corrected chi connectivity index (χ2v) is 6.79. The summed E-state index contributed by atoms with van der Waals surface area (Å²) in [5.74, 6) is 1.38. The predicted molar refractivity (Wildman–Crippen MR) is 77.5 cm³/mol. The van der Waals surface area contributed by atoms with Crippen molar-refractivity contribution in [3.05, 3.63) is 0 Å². The van der Waals surface area contributed by atoms with Crippen LogP contribution in [0, 0.1) is 17.3 Å². The topological polar surface area (TPSA) is 49.5 Å². The second kappa shape index (κ2) is 6.88. The zero-order valence-electron chi connectivity index (χ0n) is 12.7. The Hall–Kier alpha value is -0.120. The highest BCUT2D eigenvalue weighted by molar-refractivity contribution is 4.90. The molecule has 3 heteroatoms. The fraction of sp³-hybridized carbons (Fsp3) is 1.00. The molecule has 3 nitrogen and oxygen atoms in total. The van der Waals surface area contributed by atoms with Crippen LogP contribution in [0.3, 0.4) is 0 Å². The Kier molecular flexibility index (Phi) is 6.09. The maximum Gasteiger partial charge on any atom is 0.0558 e. The van der Waals surface area contributed by atoms with Gasteiger partial charge < -0.3 is 10.8 Å². The van der Waals surface area contributed by atoms with Gasteiger partial charge in [0.2, 0.25) is 0 Å². The minimum absolute atomic E-state index is 0.252. The molecule has 1 rings (SSSR count). The Labute approximate surface area is 113 Å². The number of likely N-dealkylation sites (N-methyl/N-ethyl adjacent to an activating group) is 1. The van der Waals surface area contributed by atoms with Crippen molar-refractivity contribution in [1.82, 2.24) is 4.90 Å². The molecule has 1 saturated carbocycles. The number of hydrogen-bond donors (Lipinski definition) is 2. The van der Waals surface area contributed by atoms with Crippen LogP contribution in [0.5, 0.6) is 0 Å². The van der Waals surface area contributed by atoms with E-state index in [1.807, 2.05) is 0 Å². The molecule has 0 heterocycles. The first kappa shape index (κ1) is 15.9. The van der Waals surface area contributed by atoms with E-state index in [0.29, 0.717) is 17.4 Å². The first-order chi connectivity index (χ1) is 8.43. The Bertz CT molecular complexity index is 237. The molecule has 3 unspecified atom stereocenters. The smallest absolute Gasteiger partial charge is 0.0558 e. The summed E-state index contributed by atoms with van der Waals surface area (Å²) >= 11 is 0. The van der Waals surface area contributed by atoms with Gasteiger partial charge >= 0.3 is 0 Å². The summed E-state index contributed by atoms with van der Waals surface area (Å²) < 4.78 is 0. The van der Waals surface area contributed by atoms with Crippen LogP contribution >= 0.6 is 0 Å². The maximum absolute atomic E-state index is 9.21. The number of hydrogen-bond acceptors (Lipinski definition) is 3. The molecule has 1 aliphatic carbocycles. The van der Waals surface area contributed by atoms with Crippen molar-refractivity contribution in [3.8, 4) is 0 Å². The molecule has 0 spiro atoms. The largest absolute Gasteiger partial charge is 0.395 e. The van der Waals surface area contributed by atoms with Crippen molar-refractivity contribution in [2.45, 2.75) is 53.0 Å². The van der Waals surface area contributed by atoms with E-state index < -0.39 is 0 Å². The molecular weight excluding hydrogens is 224 g/mol. The molecule has 108 valence electrons. The van der Waals surface area contributed by atoms with E-state index in [9.17, 15) is 5.11 Å². The predicted octanol–water partition coefficient (Wildman–Crippen LogP) is 2.09. The van der Waals surface area contributed by atoms with Gasteiger partial charge in [0.15, 0.2) is 0 Å². The zero-order valence-corrected chi connectivity index (χ0v) is 12.7. The van der Waals surface area contributed by atoms with Crippen LogP contribution in [-0.4, -0.2) is 42.3 Å². The summed E-state index contributed by atoms with van der Waals surface area (Å²) in [5.41, 5.74) is 6.33. The van der Waals surface area contributed by atoms with Gasteiger partial charge in [-0.15, -0.1) is 0 Å². The summed E-state index contributed by atoms with van der Waals surface area (Å²) in [7, 11) is 0. The van der Waals surface area contributed by atoms with Gasteiger partial charge in [-0.2, -0.15) is 0 Å². The average Bonchev–Trinajstić information content (AvgIpc) is 2.34. The van der Waals surface area contributed by atoms with E-state index in [4.69, 9.17) is 5.73 Å². The number of aliphatic hydroxyl groups excluding tert-OH is 1. The second-order valence-electron chi connectivity index (χ2n) is 6.79. The molecule has 0 aromatic carbocycles. The van der Waals surface area contributed by atoms with Crippen LogP contribution in [0.25, 0.3) is 0 Å². The van der Waals surface area contributed by atoms with Gasteiger partial charge in [0.1, 0.15) is 0 Å². The molecule has 0 amide bonds. The van der Waals surface area contributed by atoms with Crippen molar-refractivity contribution < 1.29 is 5.11 Å². The Morgan fingerprint density at radius 2 is 1.94 bits per heavy atom. The molecule has 0 aromatic heterocycles. The molecule has 3 atom stereocenters. The van der Waals surface area contributed by atoms with Crippen molar-refractivity contribution >= 4 is 0 Å². The highest BCUT2D eigenvalue weighted by atomic mass is 16.3. The van der Waals surface area contributed by atoms with Crippen LogP contribution in [0.4, 0.5) is 0 Å². The van der Waals surface area contributed by atoms with Crippen LogP contribution in [0.2, 0.25) is 0 Å². The van der Waals surface area contributed by atoms with Crippen LogP contribution < -0.4 is 5.73 Å². The van der Waals surface area contributed by atoms with Crippen molar-refractivity contribution in [1.29, 1.82) is 0 Å². The number of nitrogens with zero attached hydrogens (tertiary/aromatic N) is 1. The summed E-state index contributed by atoms with van der Waals surface area (Å²) in [6.45, 7) is 12.1. The highest BCUT2D eigenvalue weighted by Crippen LogP contribution is 2.41. The van der Waals surface area contributed by atoms with Crippen LogP contribution in [0.1, 0.15) is 47.0 Å². The summed E-state index contributed by atoms with van der Waals surface area (Å²) in [6, 6.07) is 0.560. The Morgan fingerprint density at radius 3 is 2.39 bits per heavy atom. The highest BCUT2D eigenvalue weighted by Gasteiger charge is 2.37. The normalized spacial score (nSPS) is 29.8. The SMILES string of the molecule is CCN(CCO)C1CC(C(C)(C)C)CCC1CN. The third-order valence-corrected chi connectivity index (χ3v) is 4.75. The van der Waals surface area contributed by atoms with E-state index in [1.54, 1.807) is 0 Å². The summed E-state index contributed by atoms with van der Waals surface area (Å²) in [5, 5.41) is 9.21. The molecule has 0 aliphatic heterocycles. The lowest BCUT2D eigenvalue weighted by molar-refractivity contribution is 0.0389. The Balaban J connectivity index is 2.75. The van der Waals surface area contributed by atoms with Crippen molar-refractivity contribution in [2.24, 2.45) is 23.0 Å². The van der Waals surface area contributed by atoms with E-state index in [-0.39, 0.29) is 6.61 Å². The zero-order chi connectivity index (χ0) is 13.8. The van der Waals surface area contributed by atoms with Gasteiger partial charge in [-0.25, -0.2) is 0 Å². The van der Waals surface area contributed by atoms with Gasteiger partial charge in [-0.3, -0.25) is 4.90 Å². The Morgan fingerprint density at radius 1 is 1.28 bits per heavy atom. The lowest BCUT2D eigenvalue weighted by Crippen LogP contribution is -2.49. The minimum atomic E-state index is 0.252. The lowest BCUT2D eigenvalue weighted by atomic mass is 9.67. The quantitative estimate of drug-likeness (QED) is 0.792. The standard InChI is InChI=1S/C15H32N2O/c1-5-17(8-9-18)14-10-13(15(2,3)4)7-6-12(14)11-16/h12-14,18H,5-11,16H2,1-4H3. The number of rotatable bonds is 5. The van der Waals surface area contributed by atoms with Gasteiger partial charge in [0.25, 0.3) is 0 Å². The summed E-state index contributed by atoms with van der Waals surface area (Å²) in [6.07, 6.45) is 3.78. The molecule has 3 N–H and O–H groups in total. The van der Waals surface area contributed by atoms with Crippen LogP contribution in [0.15, 0.2) is 0 Å². The van der Waals surface area contributed by atoms with E-state index >= 15 is 0 Å². The monoisotopic (exact) mass is 256 g/mol. The van der Waals surface area contributed by atoms with E-state index in [2.05, 4.69) is 32.6 Å². The van der Waals surface area contributed by atoms with E-state index in [0.717, 1.165) is 25.6 Å². The van der Waals surface area contributed by atoms with Gasteiger partial charge in [0.05, 0.1) is 6.61 Å². The van der Waals surface area contributed by atoms with Gasteiger partial charge in [0, 0.05) is 12.6 Å². The van der Waals surface area contributed by atoms with Gasteiger partial charge in [-0.1, -0.05) is 27.7 Å². The fourth-order valence-electron chi connectivity index (χ4n) is 3.41. The average molecular weight is 256 g/mol. The molecule has 0 radical (unpaired) electrons. The molecule has 0 aromatic rings. The molecule has 1 fully saturated rings. The lowest BCUT2D eigenvalue weighted by Gasteiger charge is -2.45. The maximum atomic E-state index is 9.21. The number of aliphatic hydroxyl groups is 1. The van der Waals surface area contributed by atoms with E-state index in [1.165, 1.54) is 19.3 Å². The first-order valence-corrected chi connectivity index (χ1v) is 7.49. The molecule has 0 bridgehead atoms. The van der Waals surface area contributed by atoms with Crippen molar-refractivity contribution in [2.75, 3.05) is 26.2 Å². The molecule has 1 aliphatic rings. The molecule has 0 saturated heterocycles. The number of nitrogens with two attached hydrogens (primary N) is 1. The summed E-state index contributed by atoms with van der Waals surface area (Å²) in [4.78, 5) is 2.43. The third kappa shape index (κ3) is 3.94. The van der Waals surface area contributed by atoms with Crippen molar-refractivity contribution in [3.63, 3.8) is 0 Å². The fourth-order valence-corrected chi connectivity index (χ4v) is 3.41. The minimum Gasteiger partial charge on any atom is -0.395 e. The third-order valence-electron chi connectivity index (χ3n) is 4.75. The molecule has 18 heavy (non-hydrogen) atoms. The first-order valence-electron chi connectivity index (χ1n) is 7.49. The molecular formula is C15H32N2O.